The Kier molecular flexibility index (Phi) is 4.59. The van der Waals surface area contributed by atoms with E-state index in [1.54, 1.807) is 23.7 Å². The largest absolute Gasteiger partial charge is 0.490 e. The summed E-state index contributed by atoms with van der Waals surface area (Å²) in [5, 5.41) is 2.33. The lowest BCUT2D eigenvalue weighted by Crippen LogP contribution is -2.47. The first-order chi connectivity index (χ1) is 9.49. The van der Waals surface area contributed by atoms with Crippen molar-refractivity contribution in [3.63, 3.8) is 0 Å². The second-order valence-corrected chi connectivity index (χ2v) is 7.73. The lowest BCUT2D eigenvalue weighted by atomic mass is 10.4. The zero-order valence-corrected chi connectivity index (χ0v) is 13.3. The zero-order chi connectivity index (χ0) is 14.8. The normalized spacial score (nSPS) is 19.8. The molecule has 1 aromatic rings. The molecule has 1 aliphatic heterocycles. The van der Waals surface area contributed by atoms with Crippen LogP contribution < -0.4 is 15.0 Å². The van der Waals surface area contributed by atoms with Crippen LogP contribution in [0.25, 0.3) is 0 Å². The van der Waals surface area contributed by atoms with Crippen molar-refractivity contribution >= 4 is 33.2 Å². The van der Waals surface area contributed by atoms with Crippen LogP contribution in [0.4, 0.5) is 11.6 Å². The van der Waals surface area contributed by atoms with Crippen molar-refractivity contribution in [1.29, 1.82) is 0 Å². The van der Waals surface area contributed by atoms with Crippen molar-refractivity contribution in [1.82, 2.24) is 9.97 Å². The van der Waals surface area contributed by atoms with Gasteiger partial charge in [0.25, 0.3) is 0 Å². The van der Waals surface area contributed by atoms with Crippen LogP contribution in [-0.4, -0.2) is 62.2 Å². The van der Waals surface area contributed by atoms with Crippen LogP contribution in [0.5, 0.6) is 5.75 Å². The first kappa shape index (κ1) is 15.2. The second-order valence-electron chi connectivity index (χ2n) is 4.38. The Bertz CT molecular complexity index is 579. The molecule has 1 fully saturated rings. The molecule has 1 aromatic heterocycles. The predicted molar refractivity (Wildman–Crippen MR) is 81.4 cm³/mol. The molecule has 0 spiro atoms. The molecule has 1 saturated heterocycles. The molecule has 2 heterocycles. The molecule has 1 atom stereocenters. The summed E-state index contributed by atoms with van der Waals surface area (Å²) in [5.41, 5.74) is 0. The van der Waals surface area contributed by atoms with Crippen molar-refractivity contribution in [3.05, 3.63) is 6.33 Å². The third-order valence-corrected chi connectivity index (χ3v) is 5.72. The Morgan fingerprint density at radius 2 is 2.25 bits per heavy atom. The average molecular weight is 318 g/mol. The number of ether oxygens (including phenoxy) is 1. The highest BCUT2D eigenvalue weighted by Crippen LogP contribution is 2.35. The molecule has 1 aliphatic rings. The first-order valence-electron chi connectivity index (χ1n) is 6.09. The van der Waals surface area contributed by atoms with Crippen molar-refractivity contribution in [2.75, 3.05) is 48.7 Å². The number of anilines is 2. The summed E-state index contributed by atoms with van der Waals surface area (Å²) in [6, 6.07) is 0. The highest BCUT2D eigenvalue weighted by Gasteiger charge is 2.34. The van der Waals surface area contributed by atoms with E-state index in [2.05, 4.69) is 15.3 Å². The summed E-state index contributed by atoms with van der Waals surface area (Å²) in [7, 11) is 0.0568. The van der Waals surface area contributed by atoms with Gasteiger partial charge in [-0.15, -0.1) is 0 Å². The maximum Gasteiger partial charge on any atom is 0.204 e. The molecule has 0 saturated carbocycles. The van der Waals surface area contributed by atoms with E-state index in [0.29, 0.717) is 29.7 Å². The fourth-order valence-corrected chi connectivity index (χ4v) is 4.93. The topological polar surface area (TPSA) is 84.4 Å². The van der Waals surface area contributed by atoms with Crippen LogP contribution in [0.1, 0.15) is 0 Å². The Balaban J connectivity index is 2.48. The van der Waals surface area contributed by atoms with Crippen LogP contribution in [-0.2, 0) is 9.84 Å². The summed E-state index contributed by atoms with van der Waals surface area (Å²) in [6.07, 6.45) is 2.66. The van der Waals surface area contributed by atoms with Gasteiger partial charge in [-0.3, -0.25) is 0 Å². The van der Waals surface area contributed by atoms with E-state index in [0.717, 1.165) is 5.75 Å². The summed E-state index contributed by atoms with van der Waals surface area (Å²) >= 11 is 1.63. The monoisotopic (exact) mass is 318 g/mol. The molecule has 2 rings (SSSR count). The minimum atomic E-state index is -3.20. The number of hydrogen-bond acceptors (Lipinski definition) is 8. The smallest absolute Gasteiger partial charge is 0.204 e. The Morgan fingerprint density at radius 3 is 2.85 bits per heavy atom. The summed E-state index contributed by atoms with van der Waals surface area (Å²) < 4.78 is 29.3. The second kappa shape index (κ2) is 6.04. The minimum Gasteiger partial charge on any atom is -0.490 e. The van der Waals surface area contributed by atoms with Gasteiger partial charge in [0, 0.05) is 31.4 Å². The van der Waals surface area contributed by atoms with E-state index in [1.165, 1.54) is 19.7 Å². The molecule has 1 N–H and O–H groups in total. The van der Waals surface area contributed by atoms with Crippen LogP contribution in [0.2, 0.25) is 0 Å². The molecule has 0 bridgehead atoms. The first-order valence-corrected chi connectivity index (χ1v) is 9.20. The Labute approximate surface area is 123 Å². The molecule has 20 heavy (non-hydrogen) atoms. The standard InChI is InChI=1S/C11H18N4O3S2/c1-12-10-9(18-2)11(14-7-13-10)15-4-5-19-6-8(15)20(3,16)17/h7-8H,4-6H2,1-3H3,(H,12,13,14). The number of nitrogens with one attached hydrogen (secondary N) is 1. The maximum atomic E-state index is 12.0. The minimum absolute atomic E-state index is 0.468. The number of aromatic nitrogens is 2. The van der Waals surface area contributed by atoms with Crippen molar-refractivity contribution < 1.29 is 13.2 Å². The summed E-state index contributed by atoms with van der Waals surface area (Å²) in [5.74, 6) is 2.91. The van der Waals surface area contributed by atoms with Gasteiger partial charge in [-0.1, -0.05) is 0 Å². The fraction of sp³-hybridized carbons (Fsp3) is 0.636. The number of hydrogen-bond donors (Lipinski definition) is 1. The molecular formula is C11H18N4O3S2. The van der Waals surface area contributed by atoms with Gasteiger partial charge < -0.3 is 15.0 Å². The number of thioether (sulfide) groups is 1. The van der Waals surface area contributed by atoms with Gasteiger partial charge in [0.15, 0.2) is 21.5 Å². The van der Waals surface area contributed by atoms with Crippen LogP contribution in [0.15, 0.2) is 6.33 Å². The molecule has 112 valence electrons. The average Bonchev–Trinajstić information content (AvgIpc) is 2.45. The molecule has 0 amide bonds. The van der Waals surface area contributed by atoms with Crippen LogP contribution >= 0.6 is 11.8 Å². The van der Waals surface area contributed by atoms with Gasteiger partial charge in [0.1, 0.15) is 11.7 Å². The van der Waals surface area contributed by atoms with Gasteiger partial charge in [0.05, 0.1) is 7.11 Å². The van der Waals surface area contributed by atoms with Crippen molar-refractivity contribution in [2.45, 2.75) is 5.37 Å². The number of methoxy groups -OCH3 is 1. The molecule has 0 aliphatic carbocycles. The van der Waals surface area contributed by atoms with Crippen molar-refractivity contribution in [2.24, 2.45) is 0 Å². The van der Waals surface area contributed by atoms with Gasteiger partial charge in [0.2, 0.25) is 5.75 Å². The van der Waals surface area contributed by atoms with E-state index in [4.69, 9.17) is 4.74 Å². The number of nitrogens with zero attached hydrogens (tertiary/aromatic N) is 3. The quantitative estimate of drug-likeness (QED) is 0.856. The lowest BCUT2D eigenvalue weighted by Gasteiger charge is -2.35. The van der Waals surface area contributed by atoms with Gasteiger partial charge in [-0.05, 0) is 0 Å². The highest BCUT2D eigenvalue weighted by atomic mass is 32.2. The van der Waals surface area contributed by atoms with E-state index >= 15 is 0 Å². The van der Waals surface area contributed by atoms with E-state index < -0.39 is 15.2 Å². The third kappa shape index (κ3) is 2.93. The van der Waals surface area contributed by atoms with Crippen molar-refractivity contribution in [3.8, 4) is 5.75 Å². The Hall–Kier alpha value is -1.22. The lowest BCUT2D eigenvalue weighted by molar-refractivity contribution is 0.412. The van der Waals surface area contributed by atoms with Crippen LogP contribution in [0.3, 0.4) is 0 Å². The molecule has 0 aromatic carbocycles. The zero-order valence-electron chi connectivity index (χ0n) is 11.7. The Morgan fingerprint density at radius 1 is 1.50 bits per heavy atom. The number of sulfone groups is 1. The van der Waals surface area contributed by atoms with Crippen LogP contribution in [0, 0.1) is 0 Å². The van der Waals surface area contributed by atoms with E-state index in [-0.39, 0.29) is 0 Å². The van der Waals surface area contributed by atoms with E-state index in [1.807, 2.05) is 0 Å². The molecular weight excluding hydrogens is 300 g/mol. The van der Waals surface area contributed by atoms with Gasteiger partial charge >= 0.3 is 0 Å². The highest BCUT2D eigenvalue weighted by molar-refractivity contribution is 8.01. The van der Waals surface area contributed by atoms with Gasteiger partial charge in [-0.25, -0.2) is 18.4 Å². The fourth-order valence-electron chi connectivity index (χ4n) is 2.11. The molecule has 1 unspecified atom stereocenters. The SMILES string of the molecule is CNc1ncnc(N2CCSCC2S(C)(=O)=O)c1OC. The number of rotatable bonds is 4. The molecule has 0 radical (unpaired) electrons. The predicted octanol–water partition coefficient (Wildman–Crippen LogP) is 0.451. The summed E-state index contributed by atoms with van der Waals surface area (Å²) in [4.78, 5) is 10.1. The summed E-state index contributed by atoms with van der Waals surface area (Å²) in [6.45, 7) is 0.610. The molecule has 9 heteroatoms. The van der Waals surface area contributed by atoms with Gasteiger partial charge in [-0.2, -0.15) is 11.8 Å². The third-order valence-electron chi connectivity index (χ3n) is 3.08. The van der Waals surface area contributed by atoms with E-state index in [9.17, 15) is 8.42 Å². The molecule has 7 nitrogen and oxygen atoms in total. The maximum absolute atomic E-state index is 12.0.